The monoisotopic (exact) mass is 578 g/mol. The van der Waals surface area contributed by atoms with Crippen LogP contribution in [0.3, 0.4) is 0 Å². The minimum atomic E-state index is -1.94. The Bertz CT molecular complexity index is 1500. The van der Waals surface area contributed by atoms with E-state index in [1.165, 1.54) is 30.3 Å². The molecule has 0 saturated carbocycles. The molecule has 0 spiro atoms. The summed E-state index contributed by atoms with van der Waals surface area (Å²) < 4.78 is 36.1. The number of nitrogens with one attached hydrogen (secondary N) is 2. The van der Waals surface area contributed by atoms with Gasteiger partial charge in [0.05, 0.1) is 18.2 Å². The predicted molar refractivity (Wildman–Crippen MR) is 159 cm³/mol. The van der Waals surface area contributed by atoms with Crippen molar-refractivity contribution in [3.8, 4) is 11.5 Å². The quantitative estimate of drug-likeness (QED) is 0.196. The lowest BCUT2D eigenvalue weighted by atomic mass is 10.1. The summed E-state index contributed by atoms with van der Waals surface area (Å²) in [6, 6.07) is 15.3. The highest BCUT2D eigenvalue weighted by atomic mass is 28.4. The molecule has 2 N–H and O–H groups in total. The minimum Gasteiger partial charge on any atom is -0.415 e. The number of carbonyl (C=O) groups is 1. The van der Waals surface area contributed by atoms with Crippen LogP contribution in [-0.4, -0.2) is 40.6 Å². The highest BCUT2D eigenvalue weighted by Gasteiger charge is 2.37. The van der Waals surface area contributed by atoms with Crippen LogP contribution in [0.2, 0.25) is 18.1 Å². The van der Waals surface area contributed by atoms with E-state index in [4.69, 9.17) is 4.43 Å². The molecule has 0 aliphatic carbocycles. The Labute approximate surface area is 240 Å². The number of hydrogen-bond donors (Lipinski definition) is 2. The molecule has 1 unspecified atom stereocenters. The molecule has 0 saturated heterocycles. The zero-order chi connectivity index (χ0) is 29.8. The van der Waals surface area contributed by atoms with E-state index in [-0.39, 0.29) is 28.3 Å². The van der Waals surface area contributed by atoms with Gasteiger partial charge in [0, 0.05) is 12.2 Å². The molecule has 2 aromatic heterocycles. The second kappa shape index (κ2) is 12.3. The van der Waals surface area contributed by atoms with E-state index in [9.17, 15) is 13.6 Å². The molecule has 8 nitrogen and oxygen atoms in total. The van der Waals surface area contributed by atoms with Crippen molar-refractivity contribution >= 4 is 25.7 Å². The van der Waals surface area contributed by atoms with Crippen LogP contribution < -0.4 is 10.6 Å². The van der Waals surface area contributed by atoms with E-state index >= 15 is 0 Å². The maximum Gasteiger partial charge on any atom is 0.259 e. The van der Waals surface area contributed by atoms with Gasteiger partial charge in [-0.1, -0.05) is 39.0 Å². The molecule has 2 aromatic carbocycles. The summed E-state index contributed by atoms with van der Waals surface area (Å²) in [6.07, 6.45) is 1.64. The standard InChI is InChI=1S/C30H36F2N6O2Si/c1-20(18-40-41(5,6)30(2,3)4)38-19-34-37-28(38)26-8-7-9-27(35-26)36-29(39)24-16-23(14-15-25(24)32)33-17-21-10-12-22(31)13-11-21/h7-16,19-20,33H,17-18H2,1-6H3,(H,35,36,39). The van der Waals surface area contributed by atoms with E-state index < -0.39 is 20.0 Å². The lowest BCUT2D eigenvalue weighted by molar-refractivity contribution is 0.102. The highest BCUT2D eigenvalue weighted by molar-refractivity contribution is 6.74. The van der Waals surface area contributed by atoms with Gasteiger partial charge in [-0.05, 0) is 73.1 Å². The topological polar surface area (TPSA) is 94.0 Å². The summed E-state index contributed by atoms with van der Waals surface area (Å²) in [4.78, 5) is 17.6. The van der Waals surface area contributed by atoms with E-state index in [1.54, 1.807) is 36.7 Å². The number of carbonyl (C=O) groups excluding carboxylic acids is 1. The average Bonchev–Trinajstić information content (AvgIpc) is 3.42. The SMILES string of the molecule is CC(CO[Si](C)(C)C(C)(C)C)n1cnnc1-c1cccc(NC(=O)c2cc(NCc3ccc(F)cc3)ccc2F)n1. The van der Waals surface area contributed by atoms with Gasteiger partial charge >= 0.3 is 0 Å². The molecule has 1 atom stereocenters. The van der Waals surface area contributed by atoms with Crippen molar-refractivity contribution in [2.75, 3.05) is 17.2 Å². The van der Waals surface area contributed by atoms with Gasteiger partial charge in [-0.15, -0.1) is 10.2 Å². The van der Waals surface area contributed by atoms with Crippen LogP contribution in [0.4, 0.5) is 20.3 Å². The molecule has 11 heteroatoms. The summed E-state index contributed by atoms with van der Waals surface area (Å²) in [5.74, 6) is -0.851. The third-order valence-electron chi connectivity index (χ3n) is 7.38. The van der Waals surface area contributed by atoms with Gasteiger partial charge < -0.3 is 19.6 Å². The predicted octanol–water partition coefficient (Wildman–Crippen LogP) is 7.07. The second-order valence-corrected chi connectivity index (χ2v) is 16.3. The number of pyridine rings is 1. The molecule has 216 valence electrons. The summed E-state index contributed by atoms with van der Waals surface area (Å²) in [6.45, 7) is 13.9. The van der Waals surface area contributed by atoms with Crippen molar-refractivity contribution in [1.29, 1.82) is 0 Å². The van der Waals surface area contributed by atoms with Crippen molar-refractivity contribution < 1.29 is 18.0 Å². The second-order valence-electron chi connectivity index (χ2n) is 11.5. The molecule has 4 rings (SSSR count). The average molecular weight is 579 g/mol. The molecule has 0 bridgehead atoms. The molecule has 0 fully saturated rings. The Morgan fingerprint density at radius 2 is 1.80 bits per heavy atom. The van der Waals surface area contributed by atoms with Crippen LogP contribution in [0.1, 0.15) is 49.7 Å². The summed E-state index contributed by atoms with van der Waals surface area (Å²) >= 11 is 0. The smallest absolute Gasteiger partial charge is 0.259 e. The number of nitrogens with zero attached hydrogens (tertiary/aromatic N) is 4. The number of hydrogen-bond acceptors (Lipinski definition) is 6. The molecule has 0 radical (unpaired) electrons. The Balaban J connectivity index is 1.46. The maximum atomic E-state index is 14.6. The number of anilines is 2. The van der Waals surface area contributed by atoms with Crippen LogP contribution in [0.25, 0.3) is 11.5 Å². The van der Waals surface area contributed by atoms with Gasteiger partial charge in [-0.25, -0.2) is 13.8 Å². The Hall–Kier alpha value is -3.96. The largest absolute Gasteiger partial charge is 0.415 e. The molecular formula is C30H36F2N6O2Si. The molecule has 4 aromatic rings. The maximum absolute atomic E-state index is 14.6. The van der Waals surface area contributed by atoms with Crippen LogP contribution in [0, 0.1) is 11.6 Å². The lowest BCUT2D eigenvalue weighted by Crippen LogP contribution is -2.42. The first-order valence-corrected chi connectivity index (χ1v) is 16.3. The van der Waals surface area contributed by atoms with Gasteiger partial charge in [0.1, 0.15) is 29.5 Å². The van der Waals surface area contributed by atoms with E-state index in [2.05, 4.69) is 59.7 Å². The normalized spacial score (nSPS) is 12.7. The summed E-state index contributed by atoms with van der Waals surface area (Å²) in [5, 5.41) is 14.2. The first kappa shape index (κ1) is 30.0. The number of halogens is 2. The van der Waals surface area contributed by atoms with Crippen LogP contribution >= 0.6 is 0 Å². The molecule has 41 heavy (non-hydrogen) atoms. The molecule has 0 aliphatic heterocycles. The van der Waals surface area contributed by atoms with Crippen LogP contribution in [0.15, 0.2) is 67.0 Å². The fourth-order valence-corrected chi connectivity index (χ4v) is 4.89. The molecule has 0 aliphatic rings. The van der Waals surface area contributed by atoms with E-state index in [0.717, 1.165) is 5.56 Å². The zero-order valence-corrected chi connectivity index (χ0v) is 25.2. The van der Waals surface area contributed by atoms with Crippen molar-refractivity contribution in [3.05, 3.63) is 89.8 Å². The fourth-order valence-electron chi connectivity index (χ4n) is 3.80. The third-order valence-corrected chi connectivity index (χ3v) is 11.9. The Kier molecular flexibility index (Phi) is 8.98. The van der Waals surface area contributed by atoms with Crippen molar-refractivity contribution in [2.24, 2.45) is 0 Å². The van der Waals surface area contributed by atoms with Gasteiger partial charge in [0.25, 0.3) is 5.91 Å². The van der Waals surface area contributed by atoms with Crippen molar-refractivity contribution in [1.82, 2.24) is 19.7 Å². The first-order chi connectivity index (χ1) is 19.3. The number of rotatable bonds is 10. The number of benzene rings is 2. The van der Waals surface area contributed by atoms with Crippen molar-refractivity contribution in [3.63, 3.8) is 0 Å². The van der Waals surface area contributed by atoms with Gasteiger partial charge in [-0.3, -0.25) is 4.79 Å². The summed E-state index contributed by atoms with van der Waals surface area (Å²) in [5.41, 5.74) is 1.76. The summed E-state index contributed by atoms with van der Waals surface area (Å²) in [7, 11) is -1.94. The van der Waals surface area contributed by atoms with E-state index in [0.29, 0.717) is 30.4 Å². The molecule has 1 amide bonds. The highest BCUT2D eigenvalue weighted by Crippen LogP contribution is 2.37. The third kappa shape index (κ3) is 7.41. The lowest BCUT2D eigenvalue weighted by Gasteiger charge is -2.37. The van der Waals surface area contributed by atoms with Gasteiger partial charge in [0.2, 0.25) is 0 Å². The zero-order valence-electron chi connectivity index (χ0n) is 24.2. The Morgan fingerprint density at radius 3 is 2.51 bits per heavy atom. The van der Waals surface area contributed by atoms with Crippen molar-refractivity contribution in [2.45, 2.75) is 58.4 Å². The fraction of sp³-hybridized carbons (Fsp3) is 0.333. The Morgan fingerprint density at radius 1 is 1.07 bits per heavy atom. The van der Waals surface area contributed by atoms with E-state index in [1.807, 2.05) is 11.5 Å². The first-order valence-electron chi connectivity index (χ1n) is 13.4. The minimum absolute atomic E-state index is 0.0478. The van der Waals surface area contributed by atoms with Gasteiger partial charge in [-0.2, -0.15) is 0 Å². The molecular weight excluding hydrogens is 542 g/mol. The van der Waals surface area contributed by atoms with Gasteiger partial charge in [0.15, 0.2) is 14.1 Å². The van der Waals surface area contributed by atoms with Crippen LogP contribution in [-0.2, 0) is 11.0 Å². The molecule has 2 heterocycles. The van der Waals surface area contributed by atoms with Crippen LogP contribution in [0.5, 0.6) is 0 Å². The number of amides is 1. The number of aromatic nitrogens is 4.